The molecule has 2 saturated carbocycles. The molecular weight excluding hydrogens is 256 g/mol. The normalized spacial score (nSPS) is 37.8. The summed E-state index contributed by atoms with van der Waals surface area (Å²) in [5, 5.41) is 10.9. The highest BCUT2D eigenvalue weighted by molar-refractivity contribution is 5.85. The Kier molecular flexibility index (Phi) is 3.66. The van der Waals surface area contributed by atoms with Crippen LogP contribution in [-0.2, 0) is 14.3 Å². The van der Waals surface area contributed by atoms with Gasteiger partial charge in [0.2, 0.25) is 11.5 Å². The lowest BCUT2D eigenvalue weighted by atomic mass is 9.68. The maximum atomic E-state index is 11.7. The minimum atomic E-state index is -1.32. The van der Waals surface area contributed by atoms with Gasteiger partial charge in [0.15, 0.2) is 0 Å². The predicted octanol–water partition coefficient (Wildman–Crippen LogP) is 3.00. The van der Waals surface area contributed by atoms with Crippen molar-refractivity contribution in [3.8, 4) is 0 Å². The van der Waals surface area contributed by atoms with E-state index in [1.54, 1.807) is 0 Å². The molecule has 114 valence electrons. The van der Waals surface area contributed by atoms with Gasteiger partial charge in [-0.15, -0.1) is 0 Å². The molecule has 0 unspecified atom stereocenters. The van der Waals surface area contributed by atoms with Crippen LogP contribution in [0.3, 0.4) is 0 Å². The van der Waals surface area contributed by atoms with Gasteiger partial charge in [-0.2, -0.15) is 0 Å². The highest BCUT2D eigenvalue weighted by atomic mass is 16.6. The number of ether oxygens (including phenoxy) is 2. The van der Waals surface area contributed by atoms with E-state index in [-0.39, 0.29) is 16.6 Å². The van der Waals surface area contributed by atoms with Gasteiger partial charge >= 0.3 is 5.97 Å². The first-order chi connectivity index (χ1) is 9.18. The van der Waals surface area contributed by atoms with Gasteiger partial charge in [-0.1, -0.05) is 27.7 Å². The van der Waals surface area contributed by atoms with Crippen LogP contribution in [0.4, 0.5) is 0 Å². The summed E-state index contributed by atoms with van der Waals surface area (Å²) in [5.74, 6) is -1.58. The van der Waals surface area contributed by atoms with Crippen molar-refractivity contribution in [1.82, 2.24) is 0 Å². The second-order valence-corrected chi connectivity index (χ2v) is 6.94. The van der Waals surface area contributed by atoms with E-state index in [2.05, 4.69) is 20.4 Å². The highest BCUT2D eigenvalue weighted by Crippen LogP contribution is 2.70. The van der Waals surface area contributed by atoms with Gasteiger partial charge in [-0.3, -0.25) is 0 Å². The topological polar surface area (TPSA) is 55.8 Å². The zero-order valence-corrected chi connectivity index (χ0v) is 13.0. The molecular formula is C16H26O4. The SMILES string of the molecule is C=C(O[C@@]1(O)C[C@H]2CC[C@]1(C)C2(C)C)C(=O)OCCC. The first kappa shape index (κ1) is 15.4. The van der Waals surface area contributed by atoms with Crippen LogP contribution >= 0.6 is 0 Å². The van der Waals surface area contributed by atoms with Gasteiger partial charge in [-0.25, -0.2) is 4.79 Å². The molecule has 2 fully saturated rings. The fraction of sp³-hybridized carbons (Fsp3) is 0.812. The molecule has 4 nitrogen and oxygen atoms in total. The molecule has 2 aliphatic rings. The minimum Gasteiger partial charge on any atom is -0.460 e. The molecule has 0 spiro atoms. The average Bonchev–Trinajstić information content (AvgIpc) is 2.67. The Bertz CT molecular complexity index is 428. The van der Waals surface area contributed by atoms with Crippen LogP contribution in [0.15, 0.2) is 12.3 Å². The molecule has 0 aromatic carbocycles. The first-order valence-corrected chi connectivity index (χ1v) is 7.45. The van der Waals surface area contributed by atoms with Crippen molar-refractivity contribution in [1.29, 1.82) is 0 Å². The largest absolute Gasteiger partial charge is 0.460 e. The molecule has 0 aromatic heterocycles. The van der Waals surface area contributed by atoms with Crippen molar-refractivity contribution in [2.24, 2.45) is 16.7 Å². The fourth-order valence-electron chi connectivity index (χ4n) is 3.89. The van der Waals surface area contributed by atoms with E-state index in [1.165, 1.54) is 0 Å². The van der Waals surface area contributed by atoms with Crippen molar-refractivity contribution in [3.63, 3.8) is 0 Å². The third kappa shape index (κ3) is 1.96. The molecule has 2 aliphatic carbocycles. The van der Waals surface area contributed by atoms with Crippen LogP contribution < -0.4 is 0 Å². The van der Waals surface area contributed by atoms with Gasteiger partial charge < -0.3 is 14.6 Å². The Balaban J connectivity index is 2.10. The predicted molar refractivity (Wildman–Crippen MR) is 75.7 cm³/mol. The molecule has 4 heteroatoms. The summed E-state index contributed by atoms with van der Waals surface area (Å²) in [6.45, 7) is 12.3. The van der Waals surface area contributed by atoms with Crippen LogP contribution in [0.2, 0.25) is 0 Å². The van der Waals surface area contributed by atoms with E-state index in [0.717, 1.165) is 19.3 Å². The second kappa shape index (κ2) is 4.76. The van der Waals surface area contributed by atoms with E-state index >= 15 is 0 Å². The maximum absolute atomic E-state index is 11.7. The first-order valence-electron chi connectivity index (χ1n) is 7.45. The van der Waals surface area contributed by atoms with Gasteiger partial charge in [0.25, 0.3) is 0 Å². The molecule has 20 heavy (non-hydrogen) atoms. The lowest BCUT2D eigenvalue weighted by Gasteiger charge is -2.44. The molecule has 0 radical (unpaired) electrons. The standard InChI is InChI=1S/C16H26O4/c1-6-9-19-13(17)11(2)20-16(18)10-12-7-8-15(16,5)14(12,3)4/h12,18H,2,6-10H2,1,3-5H3/t12-,15-,16+/m1/s1. The van der Waals surface area contributed by atoms with Crippen molar-refractivity contribution >= 4 is 5.97 Å². The number of rotatable bonds is 5. The van der Waals surface area contributed by atoms with Crippen LogP contribution in [0.25, 0.3) is 0 Å². The molecule has 0 heterocycles. The van der Waals surface area contributed by atoms with Crippen molar-refractivity contribution in [3.05, 3.63) is 12.3 Å². The van der Waals surface area contributed by atoms with E-state index in [1.807, 2.05) is 13.8 Å². The number of carbonyl (C=O) groups excluding carboxylic acids is 1. The van der Waals surface area contributed by atoms with Gasteiger partial charge in [0.05, 0.1) is 6.61 Å². The number of aliphatic hydroxyl groups is 1. The summed E-state index contributed by atoms with van der Waals surface area (Å²) in [6.07, 6.45) is 3.30. The monoisotopic (exact) mass is 282 g/mol. The third-order valence-corrected chi connectivity index (χ3v) is 5.78. The number of hydrogen-bond acceptors (Lipinski definition) is 4. The maximum Gasteiger partial charge on any atom is 0.373 e. The second-order valence-electron chi connectivity index (χ2n) is 6.94. The van der Waals surface area contributed by atoms with Crippen LogP contribution in [0.5, 0.6) is 0 Å². The summed E-state index contributed by atoms with van der Waals surface area (Å²) in [7, 11) is 0. The Morgan fingerprint density at radius 3 is 2.50 bits per heavy atom. The molecule has 2 rings (SSSR count). The molecule has 1 N–H and O–H groups in total. The smallest absolute Gasteiger partial charge is 0.373 e. The van der Waals surface area contributed by atoms with Crippen molar-refractivity contribution < 1.29 is 19.4 Å². The molecule has 0 aliphatic heterocycles. The van der Waals surface area contributed by atoms with Gasteiger partial charge in [0, 0.05) is 11.8 Å². The fourth-order valence-corrected chi connectivity index (χ4v) is 3.89. The summed E-state index contributed by atoms with van der Waals surface area (Å²) < 4.78 is 10.6. The Labute approximate surface area is 121 Å². The lowest BCUT2D eigenvalue weighted by Crippen LogP contribution is -2.49. The molecule has 0 aromatic rings. The quantitative estimate of drug-likeness (QED) is 0.364. The summed E-state index contributed by atoms with van der Waals surface area (Å²) in [5.41, 5.74) is -0.367. The average molecular weight is 282 g/mol. The minimum absolute atomic E-state index is 0.00461. The lowest BCUT2D eigenvalue weighted by molar-refractivity contribution is -0.254. The Morgan fingerprint density at radius 1 is 1.40 bits per heavy atom. The number of hydrogen-bond donors (Lipinski definition) is 1. The molecule has 3 atom stereocenters. The zero-order chi connectivity index (χ0) is 15.2. The number of esters is 1. The summed E-state index contributed by atoms with van der Waals surface area (Å²) >= 11 is 0. The zero-order valence-electron chi connectivity index (χ0n) is 13.0. The van der Waals surface area contributed by atoms with E-state index < -0.39 is 11.8 Å². The molecule has 0 saturated heterocycles. The van der Waals surface area contributed by atoms with E-state index in [0.29, 0.717) is 18.9 Å². The van der Waals surface area contributed by atoms with E-state index in [9.17, 15) is 9.90 Å². The van der Waals surface area contributed by atoms with E-state index in [4.69, 9.17) is 9.47 Å². The summed E-state index contributed by atoms with van der Waals surface area (Å²) in [4.78, 5) is 11.7. The van der Waals surface area contributed by atoms with Crippen molar-refractivity contribution in [2.45, 2.75) is 59.2 Å². The molecule has 0 amide bonds. The number of fused-ring (bicyclic) bond motifs is 2. The van der Waals surface area contributed by atoms with Crippen LogP contribution in [0, 0.1) is 16.7 Å². The molecule has 2 bridgehead atoms. The summed E-state index contributed by atoms with van der Waals surface area (Å²) in [6, 6.07) is 0. The van der Waals surface area contributed by atoms with Crippen molar-refractivity contribution in [2.75, 3.05) is 6.61 Å². The van der Waals surface area contributed by atoms with Gasteiger partial charge in [0.1, 0.15) is 0 Å². The Morgan fingerprint density at radius 2 is 2.05 bits per heavy atom. The third-order valence-electron chi connectivity index (χ3n) is 5.78. The Hall–Kier alpha value is -1.03. The van der Waals surface area contributed by atoms with Crippen LogP contribution in [0.1, 0.15) is 53.4 Å². The van der Waals surface area contributed by atoms with Gasteiger partial charge in [-0.05, 0) is 37.2 Å². The van der Waals surface area contributed by atoms with Crippen LogP contribution in [-0.4, -0.2) is 23.5 Å². The highest BCUT2D eigenvalue weighted by Gasteiger charge is 2.70. The number of carbonyl (C=O) groups is 1.